The minimum absolute atomic E-state index is 0.125. The van der Waals surface area contributed by atoms with Crippen LogP contribution in [-0.4, -0.2) is 71.9 Å². The molecule has 1 aromatic carbocycles. The maximum Gasteiger partial charge on any atom is 0.266 e. The van der Waals surface area contributed by atoms with E-state index >= 15 is 0 Å². The monoisotopic (exact) mass is 425 g/mol. The van der Waals surface area contributed by atoms with Crippen molar-refractivity contribution in [2.45, 2.75) is 32.7 Å². The van der Waals surface area contributed by atoms with Crippen LogP contribution >= 0.6 is 0 Å². The van der Waals surface area contributed by atoms with Crippen LogP contribution in [0.3, 0.4) is 0 Å². The van der Waals surface area contributed by atoms with Gasteiger partial charge in [-0.25, -0.2) is 0 Å². The lowest BCUT2D eigenvalue weighted by Gasteiger charge is -2.33. The minimum Gasteiger partial charge on any atom is -0.369 e. The van der Waals surface area contributed by atoms with E-state index in [4.69, 9.17) is 10.3 Å². The van der Waals surface area contributed by atoms with Crippen molar-refractivity contribution < 1.29 is 27.4 Å². The molecule has 2 aliphatic heterocycles. The van der Waals surface area contributed by atoms with Crippen molar-refractivity contribution in [1.82, 2.24) is 9.80 Å². The zero-order chi connectivity index (χ0) is 21.8. The third-order valence-electron chi connectivity index (χ3n) is 5.11. The largest absolute Gasteiger partial charge is 0.369 e. The topological polar surface area (TPSA) is 138 Å². The van der Waals surface area contributed by atoms with Gasteiger partial charge in [0.15, 0.2) is 0 Å². The summed E-state index contributed by atoms with van der Waals surface area (Å²) in [7, 11) is -4.19. The first-order valence-corrected chi connectivity index (χ1v) is 11.1. The summed E-state index contributed by atoms with van der Waals surface area (Å²) in [6, 6.07) is 6.84. The molecule has 0 unspecified atom stereocenters. The number of amides is 3. The number of hydrogen-bond donors (Lipinski definition) is 2. The second-order valence-electron chi connectivity index (χ2n) is 7.40. The van der Waals surface area contributed by atoms with Crippen molar-refractivity contribution in [1.29, 1.82) is 0 Å². The quantitative estimate of drug-likeness (QED) is 0.525. The van der Waals surface area contributed by atoms with E-state index in [-0.39, 0.29) is 29.5 Å². The molecule has 1 saturated heterocycles. The molecule has 10 heteroatoms. The van der Waals surface area contributed by atoms with E-state index in [0.29, 0.717) is 6.04 Å². The highest BCUT2D eigenvalue weighted by molar-refractivity contribution is 7.85. The highest BCUT2D eigenvalue weighted by Gasteiger charge is 2.35. The molecule has 29 heavy (non-hydrogen) atoms. The fourth-order valence-electron chi connectivity index (χ4n) is 3.35. The lowest BCUT2D eigenvalue weighted by molar-refractivity contribution is -0.123. The van der Waals surface area contributed by atoms with Crippen LogP contribution in [0.4, 0.5) is 0 Å². The van der Waals surface area contributed by atoms with E-state index in [1.54, 1.807) is 12.1 Å². The molecule has 1 fully saturated rings. The zero-order valence-corrected chi connectivity index (χ0v) is 17.4. The number of likely N-dealkylation sites (tertiary alicyclic amines) is 1. The number of primary amides is 1. The molecule has 9 nitrogen and oxygen atoms in total. The van der Waals surface area contributed by atoms with Gasteiger partial charge in [-0.1, -0.05) is 12.1 Å². The molecule has 0 aromatic heterocycles. The molecule has 0 atom stereocenters. The van der Waals surface area contributed by atoms with Crippen LogP contribution in [0.2, 0.25) is 0 Å². The maximum atomic E-state index is 11.8. The summed E-state index contributed by atoms with van der Waals surface area (Å²) in [5.41, 5.74) is 5.75. The van der Waals surface area contributed by atoms with Crippen molar-refractivity contribution in [3.05, 3.63) is 35.4 Å². The molecule has 160 valence electrons. The molecular weight excluding hydrogens is 398 g/mol. The Kier molecular flexibility index (Phi) is 7.50. The number of nitrogens with zero attached hydrogens (tertiary/aromatic N) is 2. The Balaban J connectivity index is 0.000000221. The van der Waals surface area contributed by atoms with E-state index < -0.39 is 27.7 Å². The lowest BCUT2D eigenvalue weighted by atomic mass is 9.95. The summed E-state index contributed by atoms with van der Waals surface area (Å²) in [5, 5.41) is 0. The zero-order valence-electron chi connectivity index (χ0n) is 16.6. The number of nitrogens with two attached hydrogens (primary N) is 1. The second-order valence-corrected chi connectivity index (χ2v) is 8.97. The number of piperidine rings is 1. The Morgan fingerprint density at radius 3 is 2.00 bits per heavy atom. The van der Waals surface area contributed by atoms with E-state index in [9.17, 15) is 22.8 Å². The van der Waals surface area contributed by atoms with Gasteiger partial charge >= 0.3 is 0 Å². The van der Waals surface area contributed by atoms with Gasteiger partial charge in [0, 0.05) is 18.5 Å². The van der Waals surface area contributed by atoms with Gasteiger partial charge in [0.2, 0.25) is 5.91 Å². The van der Waals surface area contributed by atoms with Crippen molar-refractivity contribution in [2.75, 3.05) is 25.4 Å². The SMILES string of the molecule is CC(C)N1CCC(C(N)=O)CC1.O=C1c2ccccc2C(=O)N1CCS(=O)(=O)O. The molecule has 3 rings (SSSR count). The van der Waals surface area contributed by atoms with Crippen molar-refractivity contribution in [3.8, 4) is 0 Å². The number of benzene rings is 1. The molecule has 3 amide bonds. The molecule has 2 heterocycles. The standard InChI is InChI=1S/C10H9NO5S.C9H18N2O/c12-9-7-3-1-2-4-8(7)10(13)11(9)5-6-17(14,15)16;1-7(2)11-5-3-8(4-6-11)9(10)12/h1-4H,5-6H2,(H,14,15,16);7-8H,3-6H2,1-2H3,(H2,10,12). The second kappa shape index (κ2) is 9.47. The fourth-order valence-corrected chi connectivity index (χ4v) is 3.76. The van der Waals surface area contributed by atoms with Gasteiger partial charge < -0.3 is 10.6 Å². The van der Waals surface area contributed by atoms with Crippen LogP contribution in [0.15, 0.2) is 24.3 Å². The first kappa shape index (κ1) is 23.0. The van der Waals surface area contributed by atoms with Gasteiger partial charge in [-0.05, 0) is 51.9 Å². The number of carbonyl (C=O) groups is 3. The van der Waals surface area contributed by atoms with Crippen LogP contribution in [-0.2, 0) is 14.9 Å². The minimum atomic E-state index is -4.19. The molecule has 1 aromatic rings. The molecule has 0 aliphatic carbocycles. The Morgan fingerprint density at radius 1 is 1.14 bits per heavy atom. The van der Waals surface area contributed by atoms with Crippen LogP contribution < -0.4 is 5.73 Å². The Labute approximate surface area is 170 Å². The Bertz CT molecular complexity index is 841. The molecule has 2 aliphatic rings. The third kappa shape index (κ3) is 6.09. The molecule has 0 spiro atoms. The summed E-state index contributed by atoms with van der Waals surface area (Å²) in [6.45, 7) is 6.07. The van der Waals surface area contributed by atoms with Gasteiger partial charge in [-0.2, -0.15) is 8.42 Å². The molecule has 0 radical (unpaired) electrons. The number of hydrogen-bond acceptors (Lipinski definition) is 6. The number of carbonyl (C=O) groups excluding carboxylic acids is 3. The highest BCUT2D eigenvalue weighted by atomic mass is 32.2. The van der Waals surface area contributed by atoms with Crippen LogP contribution in [0, 0.1) is 5.92 Å². The van der Waals surface area contributed by atoms with Gasteiger partial charge in [-0.3, -0.25) is 23.8 Å². The normalized spacial score (nSPS) is 17.9. The predicted octanol–water partition coefficient (Wildman–Crippen LogP) is 0.763. The van der Waals surface area contributed by atoms with E-state index in [2.05, 4.69) is 18.7 Å². The van der Waals surface area contributed by atoms with Crippen LogP contribution in [0.5, 0.6) is 0 Å². The Hall–Kier alpha value is -2.30. The first-order valence-electron chi connectivity index (χ1n) is 9.45. The van der Waals surface area contributed by atoms with E-state index in [1.807, 2.05) is 0 Å². The molecule has 3 N–H and O–H groups in total. The molecule has 0 saturated carbocycles. The van der Waals surface area contributed by atoms with Crippen molar-refractivity contribution in [2.24, 2.45) is 11.7 Å². The summed E-state index contributed by atoms with van der Waals surface area (Å²) >= 11 is 0. The van der Waals surface area contributed by atoms with Crippen LogP contribution in [0.1, 0.15) is 47.4 Å². The lowest BCUT2D eigenvalue weighted by Crippen LogP contribution is -2.41. The average Bonchev–Trinajstić information content (AvgIpc) is 2.91. The number of imide groups is 1. The molecule has 0 bridgehead atoms. The average molecular weight is 426 g/mol. The summed E-state index contributed by atoms with van der Waals surface area (Å²) in [4.78, 5) is 37.5. The third-order valence-corrected chi connectivity index (χ3v) is 5.81. The van der Waals surface area contributed by atoms with Crippen molar-refractivity contribution in [3.63, 3.8) is 0 Å². The summed E-state index contributed by atoms with van der Waals surface area (Å²) in [6.07, 6.45) is 1.88. The van der Waals surface area contributed by atoms with Crippen LogP contribution in [0.25, 0.3) is 0 Å². The first-order chi connectivity index (χ1) is 13.5. The Morgan fingerprint density at radius 2 is 1.62 bits per heavy atom. The maximum absolute atomic E-state index is 11.8. The summed E-state index contributed by atoms with van der Waals surface area (Å²) in [5.74, 6) is -1.72. The predicted molar refractivity (Wildman–Crippen MR) is 107 cm³/mol. The van der Waals surface area contributed by atoms with Gasteiger partial charge in [0.25, 0.3) is 21.9 Å². The van der Waals surface area contributed by atoms with E-state index in [0.717, 1.165) is 30.8 Å². The van der Waals surface area contributed by atoms with E-state index in [1.165, 1.54) is 12.1 Å². The van der Waals surface area contributed by atoms with Gasteiger partial charge in [0.1, 0.15) is 0 Å². The fraction of sp³-hybridized carbons (Fsp3) is 0.526. The van der Waals surface area contributed by atoms with Crippen molar-refractivity contribution >= 4 is 27.8 Å². The summed E-state index contributed by atoms with van der Waals surface area (Å²) < 4.78 is 29.8. The molecular formula is C19H27N3O6S. The number of rotatable bonds is 5. The number of fused-ring (bicyclic) bond motifs is 1. The highest BCUT2D eigenvalue weighted by Crippen LogP contribution is 2.22. The van der Waals surface area contributed by atoms with Gasteiger partial charge in [-0.15, -0.1) is 0 Å². The smallest absolute Gasteiger partial charge is 0.266 e. The van der Waals surface area contributed by atoms with Gasteiger partial charge in [0.05, 0.1) is 16.9 Å².